The second-order valence-electron chi connectivity index (χ2n) is 6.00. The topological polar surface area (TPSA) is 23.5 Å². The van der Waals surface area contributed by atoms with Gasteiger partial charge in [0.15, 0.2) is 0 Å². The molecule has 0 saturated heterocycles. The summed E-state index contributed by atoms with van der Waals surface area (Å²) in [6, 6.07) is 0. The van der Waals surface area contributed by atoms with Crippen LogP contribution in [0.1, 0.15) is 58.8 Å². The monoisotopic (exact) mass is 227 g/mol. The van der Waals surface area contributed by atoms with Crippen LogP contribution in [0.3, 0.4) is 0 Å². The molecule has 1 aliphatic rings. The van der Waals surface area contributed by atoms with E-state index in [2.05, 4.69) is 25.8 Å². The summed E-state index contributed by atoms with van der Waals surface area (Å²) in [6.45, 7) is 5.92. The van der Waals surface area contributed by atoms with Gasteiger partial charge in [0.25, 0.3) is 0 Å². The molecule has 0 aromatic rings. The van der Waals surface area contributed by atoms with Gasteiger partial charge in [-0.3, -0.25) is 0 Å². The highest BCUT2D eigenvalue weighted by molar-refractivity contribution is 4.79. The molecule has 0 atom stereocenters. The minimum Gasteiger partial charge on any atom is -0.396 e. The molecule has 2 nitrogen and oxygen atoms in total. The number of hydrogen-bond acceptors (Lipinski definition) is 2. The first-order chi connectivity index (χ1) is 7.56. The van der Waals surface area contributed by atoms with Gasteiger partial charge in [-0.2, -0.15) is 0 Å². The first-order valence-electron chi connectivity index (χ1n) is 6.88. The maximum atomic E-state index is 9.04. The van der Waals surface area contributed by atoms with E-state index in [1.165, 1.54) is 45.1 Å². The van der Waals surface area contributed by atoms with Gasteiger partial charge in [0.2, 0.25) is 0 Å². The van der Waals surface area contributed by atoms with E-state index in [0.717, 1.165) is 12.3 Å². The van der Waals surface area contributed by atoms with Crippen molar-refractivity contribution in [1.82, 2.24) is 4.90 Å². The first-order valence-corrected chi connectivity index (χ1v) is 6.88. The molecule has 16 heavy (non-hydrogen) atoms. The summed E-state index contributed by atoms with van der Waals surface area (Å²) in [6.07, 6.45) is 9.41. The van der Waals surface area contributed by atoms with Gasteiger partial charge in [-0.05, 0) is 46.2 Å². The molecule has 2 heteroatoms. The van der Waals surface area contributed by atoms with E-state index >= 15 is 0 Å². The Morgan fingerprint density at radius 1 is 1.19 bits per heavy atom. The standard InChI is InChI=1S/C14H29NO/c1-14(2,10-12-16)15(3)11-9-13-7-5-4-6-8-13/h13,16H,4-12H2,1-3H3. The third-order valence-corrected chi connectivity index (χ3v) is 4.35. The molecule has 1 fully saturated rings. The summed E-state index contributed by atoms with van der Waals surface area (Å²) in [4.78, 5) is 2.41. The Labute approximate surface area is 101 Å². The van der Waals surface area contributed by atoms with Gasteiger partial charge >= 0.3 is 0 Å². The van der Waals surface area contributed by atoms with Crippen LogP contribution in [0.5, 0.6) is 0 Å². The van der Waals surface area contributed by atoms with Crippen molar-refractivity contribution in [3.05, 3.63) is 0 Å². The molecule has 0 aliphatic heterocycles. The molecular formula is C14H29NO. The van der Waals surface area contributed by atoms with E-state index in [-0.39, 0.29) is 5.54 Å². The van der Waals surface area contributed by atoms with Crippen LogP contribution in [-0.2, 0) is 0 Å². The molecule has 1 saturated carbocycles. The summed E-state index contributed by atoms with van der Waals surface area (Å²) < 4.78 is 0. The zero-order valence-corrected chi connectivity index (χ0v) is 11.3. The fourth-order valence-corrected chi connectivity index (χ4v) is 2.62. The van der Waals surface area contributed by atoms with Crippen molar-refractivity contribution in [3.63, 3.8) is 0 Å². The van der Waals surface area contributed by atoms with Crippen LogP contribution >= 0.6 is 0 Å². The number of rotatable bonds is 6. The van der Waals surface area contributed by atoms with Crippen molar-refractivity contribution in [2.24, 2.45) is 5.92 Å². The molecule has 1 N–H and O–H groups in total. The second kappa shape index (κ2) is 6.61. The minimum atomic E-state index is 0.142. The van der Waals surface area contributed by atoms with Crippen LogP contribution in [0.25, 0.3) is 0 Å². The Balaban J connectivity index is 2.25. The van der Waals surface area contributed by atoms with E-state index < -0.39 is 0 Å². The quantitative estimate of drug-likeness (QED) is 0.754. The van der Waals surface area contributed by atoms with Crippen LogP contribution in [0, 0.1) is 5.92 Å². The molecule has 0 radical (unpaired) electrons. The van der Waals surface area contributed by atoms with Crippen molar-refractivity contribution in [3.8, 4) is 0 Å². The van der Waals surface area contributed by atoms with Gasteiger partial charge in [-0.25, -0.2) is 0 Å². The van der Waals surface area contributed by atoms with Crippen LogP contribution in [0.4, 0.5) is 0 Å². The third kappa shape index (κ3) is 4.42. The van der Waals surface area contributed by atoms with Crippen LogP contribution in [0.15, 0.2) is 0 Å². The van der Waals surface area contributed by atoms with Crippen molar-refractivity contribution in [2.75, 3.05) is 20.2 Å². The molecule has 0 unspecified atom stereocenters. The number of aliphatic hydroxyl groups is 1. The maximum Gasteiger partial charge on any atom is 0.0448 e. The number of aliphatic hydroxyl groups excluding tert-OH is 1. The van der Waals surface area contributed by atoms with Crippen LogP contribution in [0.2, 0.25) is 0 Å². The van der Waals surface area contributed by atoms with Crippen molar-refractivity contribution in [2.45, 2.75) is 64.3 Å². The van der Waals surface area contributed by atoms with Gasteiger partial charge in [0.05, 0.1) is 0 Å². The SMILES string of the molecule is CN(CCC1CCCCC1)C(C)(C)CCO. The van der Waals surface area contributed by atoms with Crippen LogP contribution < -0.4 is 0 Å². The lowest BCUT2D eigenvalue weighted by Gasteiger charge is -2.36. The average molecular weight is 227 g/mol. The summed E-state index contributed by atoms with van der Waals surface area (Å²) in [5.74, 6) is 0.959. The highest BCUT2D eigenvalue weighted by Gasteiger charge is 2.23. The molecule has 0 aromatic carbocycles. The summed E-state index contributed by atoms with van der Waals surface area (Å²) >= 11 is 0. The van der Waals surface area contributed by atoms with E-state index in [1.54, 1.807) is 0 Å². The van der Waals surface area contributed by atoms with Gasteiger partial charge < -0.3 is 10.0 Å². The van der Waals surface area contributed by atoms with E-state index in [4.69, 9.17) is 5.11 Å². The van der Waals surface area contributed by atoms with Gasteiger partial charge in [-0.15, -0.1) is 0 Å². The fraction of sp³-hybridized carbons (Fsp3) is 1.00. The van der Waals surface area contributed by atoms with Crippen LogP contribution in [-0.4, -0.2) is 35.7 Å². The Hall–Kier alpha value is -0.0800. The van der Waals surface area contributed by atoms with Gasteiger partial charge in [0.1, 0.15) is 0 Å². The molecule has 0 spiro atoms. The lowest BCUT2D eigenvalue weighted by Crippen LogP contribution is -2.42. The molecule has 96 valence electrons. The lowest BCUT2D eigenvalue weighted by atomic mass is 9.86. The third-order valence-electron chi connectivity index (χ3n) is 4.35. The van der Waals surface area contributed by atoms with Crippen molar-refractivity contribution in [1.29, 1.82) is 0 Å². The van der Waals surface area contributed by atoms with Gasteiger partial charge in [0, 0.05) is 12.1 Å². The molecule has 1 aliphatic carbocycles. The summed E-state index contributed by atoms with van der Waals surface area (Å²) in [5.41, 5.74) is 0.142. The highest BCUT2D eigenvalue weighted by atomic mass is 16.3. The largest absolute Gasteiger partial charge is 0.396 e. The lowest BCUT2D eigenvalue weighted by molar-refractivity contribution is 0.107. The Bertz CT molecular complexity index is 185. The Morgan fingerprint density at radius 2 is 1.81 bits per heavy atom. The van der Waals surface area contributed by atoms with E-state index in [1.807, 2.05) is 0 Å². The van der Waals surface area contributed by atoms with E-state index in [9.17, 15) is 0 Å². The molecule has 0 amide bonds. The minimum absolute atomic E-state index is 0.142. The first kappa shape index (κ1) is 14.0. The molecular weight excluding hydrogens is 198 g/mol. The Morgan fingerprint density at radius 3 is 2.38 bits per heavy atom. The molecule has 0 aromatic heterocycles. The Kier molecular flexibility index (Phi) is 5.77. The number of nitrogens with zero attached hydrogens (tertiary/aromatic N) is 1. The highest BCUT2D eigenvalue weighted by Crippen LogP contribution is 2.27. The normalized spacial score (nSPS) is 19.3. The molecule has 0 heterocycles. The smallest absolute Gasteiger partial charge is 0.0448 e. The fourth-order valence-electron chi connectivity index (χ4n) is 2.62. The molecule has 0 bridgehead atoms. The zero-order valence-electron chi connectivity index (χ0n) is 11.3. The summed E-state index contributed by atoms with van der Waals surface area (Å²) in [7, 11) is 2.19. The maximum absolute atomic E-state index is 9.04. The molecule has 1 rings (SSSR count). The van der Waals surface area contributed by atoms with Gasteiger partial charge in [-0.1, -0.05) is 32.1 Å². The number of hydrogen-bond donors (Lipinski definition) is 1. The summed E-state index contributed by atoms with van der Waals surface area (Å²) in [5, 5.41) is 9.04. The predicted octanol–water partition coefficient (Wildman–Crippen LogP) is 3.05. The van der Waals surface area contributed by atoms with E-state index in [0.29, 0.717) is 6.61 Å². The second-order valence-corrected chi connectivity index (χ2v) is 6.00. The predicted molar refractivity (Wildman–Crippen MR) is 69.6 cm³/mol. The average Bonchev–Trinajstić information content (AvgIpc) is 2.27. The zero-order chi connectivity index (χ0) is 12.0. The van der Waals surface area contributed by atoms with Crippen molar-refractivity contribution < 1.29 is 5.11 Å². The van der Waals surface area contributed by atoms with Crippen molar-refractivity contribution >= 4 is 0 Å².